The van der Waals surface area contributed by atoms with Crippen LogP contribution in [0.15, 0.2) is 12.4 Å². The van der Waals surface area contributed by atoms with Gasteiger partial charge >= 0.3 is 0 Å². The average molecular weight is 208 g/mol. The molecule has 0 amide bonds. The van der Waals surface area contributed by atoms with Crippen LogP contribution in [0.1, 0.15) is 26.3 Å². The van der Waals surface area contributed by atoms with E-state index in [-0.39, 0.29) is 0 Å². The van der Waals surface area contributed by atoms with E-state index < -0.39 is 0 Å². The number of likely N-dealkylation sites (tertiary alicyclic amines) is 1. The van der Waals surface area contributed by atoms with Gasteiger partial charge in [0.15, 0.2) is 0 Å². The van der Waals surface area contributed by atoms with Gasteiger partial charge in [-0.15, -0.1) is 0 Å². The van der Waals surface area contributed by atoms with E-state index in [1.54, 1.807) is 0 Å². The van der Waals surface area contributed by atoms with Crippen LogP contribution in [0.2, 0.25) is 0 Å². The Balaban J connectivity index is 2.01. The molecule has 1 aromatic heterocycles. The lowest BCUT2D eigenvalue weighted by Gasteiger charge is -2.17. The SMILES string of the molecule is CC(C)n1ccnc1NC1CCN(C)C1. The first-order valence-corrected chi connectivity index (χ1v) is 5.64. The average Bonchev–Trinajstić information content (AvgIpc) is 2.75. The monoisotopic (exact) mass is 208 g/mol. The van der Waals surface area contributed by atoms with Crippen LogP contribution in [0, 0.1) is 0 Å². The van der Waals surface area contributed by atoms with E-state index in [1.807, 2.05) is 12.4 Å². The standard InChI is InChI=1S/C11H20N4/c1-9(2)15-7-5-12-11(15)13-10-4-6-14(3)8-10/h5,7,9-10H,4,6,8H2,1-3H3,(H,12,13). The molecule has 1 saturated heterocycles. The van der Waals surface area contributed by atoms with E-state index in [2.05, 4.69) is 40.7 Å². The molecule has 15 heavy (non-hydrogen) atoms. The van der Waals surface area contributed by atoms with Gasteiger partial charge in [-0.2, -0.15) is 0 Å². The number of aromatic nitrogens is 2. The molecule has 0 radical (unpaired) electrons. The van der Waals surface area contributed by atoms with Gasteiger partial charge in [-0.05, 0) is 33.9 Å². The first-order valence-electron chi connectivity index (χ1n) is 5.64. The first kappa shape index (κ1) is 10.5. The summed E-state index contributed by atoms with van der Waals surface area (Å²) in [5, 5.41) is 3.51. The normalized spacial score (nSPS) is 22.5. The highest BCUT2D eigenvalue weighted by molar-refractivity contribution is 5.28. The molecule has 4 nitrogen and oxygen atoms in total. The van der Waals surface area contributed by atoms with Crippen LogP contribution in [0.4, 0.5) is 5.95 Å². The van der Waals surface area contributed by atoms with Crippen molar-refractivity contribution in [3.63, 3.8) is 0 Å². The quantitative estimate of drug-likeness (QED) is 0.818. The van der Waals surface area contributed by atoms with E-state index >= 15 is 0 Å². The topological polar surface area (TPSA) is 33.1 Å². The van der Waals surface area contributed by atoms with Gasteiger partial charge in [0.05, 0.1) is 0 Å². The molecule has 1 aliphatic rings. The molecule has 1 aromatic rings. The summed E-state index contributed by atoms with van der Waals surface area (Å²) in [7, 11) is 2.16. The number of rotatable bonds is 3. The fourth-order valence-electron chi connectivity index (χ4n) is 2.08. The van der Waals surface area contributed by atoms with Crippen LogP contribution in [-0.4, -0.2) is 40.6 Å². The highest BCUT2D eigenvalue weighted by Crippen LogP contribution is 2.16. The van der Waals surface area contributed by atoms with Crippen molar-refractivity contribution in [2.24, 2.45) is 0 Å². The molecule has 1 N–H and O–H groups in total. The maximum atomic E-state index is 4.36. The third-order valence-corrected chi connectivity index (χ3v) is 2.95. The highest BCUT2D eigenvalue weighted by atomic mass is 15.2. The molecule has 1 aliphatic heterocycles. The van der Waals surface area contributed by atoms with Crippen molar-refractivity contribution in [2.75, 3.05) is 25.5 Å². The minimum absolute atomic E-state index is 0.467. The lowest BCUT2D eigenvalue weighted by atomic mass is 10.3. The third kappa shape index (κ3) is 2.31. The molecule has 1 unspecified atom stereocenters. The van der Waals surface area contributed by atoms with Crippen molar-refractivity contribution in [2.45, 2.75) is 32.4 Å². The van der Waals surface area contributed by atoms with Gasteiger partial charge in [-0.3, -0.25) is 0 Å². The molecule has 2 heterocycles. The van der Waals surface area contributed by atoms with E-state index in [0.717, 1.165) is 12.5 Å². The van der Waals surface area contributed by atoms with Crippen LogP contribution in [-0.2, 0) is 0 Å². The van der Waals surface area contributed by atoms with Crippen LogP contribution in [0.25, 0.3) is 0 Å². The Morgan fingerprint density at radius 3 is 2.93 bits per heavy atom. The summed E-state index contributed by atoms with van der Waals surface area (Å²) in [6, 6.07) is 1.02. The molecule has 0 saturated carbocycles. The minimum Gasteiger partial charge on any atom is -0.352 e. The summed E-state index contributed by atoms with van der Waals surface area (Å²) in [5.41, 5.74) is 0. The van der Waals surface area contributed by atoms with Gasteiger partial charge in [0.2, 0.25) is 5.95 Å². The van der Waals surface area contributed by atoms with Crippen molar-refractivity contribution >= 4 is 5.95 Å². The second-order valence-electron chi connectivity index (χ2n) is 4.64. The van der Waals surface area contributed by atoms with Crippen LogP contribution in [0.3, 0.4) is 0 Å². The fraction of sp³-hybridized carbons (Fsp3) is 0.727. The highest BCUT2D eigenvalue weighted by Gasteiger charge is 2.20. The van der Waals surface area contributed by atoms with E-state index in [1.165, 1.54) is 13.0 Å². The number of anilines is 1. The number of nitrogens with zero attached hydrogens (tertiary/aromatic N) is 3. The third-order valence-electron chi connectivity index (χ3n) is 2.95. The lowest BCUT2D eigenvalue weighted by molar-refractivity contribution is 0.413. The zero-order valence-corrected chi connectivity index (χ0v) is 9.77. The molecule has 0 bridgehead atoms. The number of nitrogens with one attached hydrogen (secondary N) is 1. The first-order chi connectivity index (χ1) is 7.16. The zero-order chi connectivity index (χ0) is 10.8. The predicted octanol–water partition coefficient (Wildman–Crippen LogP) is 1.58. The molecule has 1 fully saturated rings. The summed E-state index contributed by atoms with van der Waals surface area (Å²) in [6.07, 6.45) is 5.11. The van der Waals surface area contributed by atoms with Crippen LogP contribution >= 0.6 is 0 Å². The Bertz CT molecular complexity index is 318. The Kier molecular flexibility index (Phi) is 2.95. The number of hydrogen-bond acceptors (Lipinski definition) is 3. The molecule has 2 rings (SSSR count). The Labute approximate surface area is 91.3 Å². The largest absolute Gasteiger partial charge is 0.352 e. The van der Waals surface area contributed by atoms with E-state index in [0.29, 0.717) is 12.1 Å². The Morgan fingerprint density at radius 1 is 1.53 bits per heavy atom. The fourth-order valence-corrected chi connectivity index (χ4v) is 2.08. The van der Waals surface area contributed by atoms with Gasteiger partial charge in [0.1, 0.15) is 0 Å². The molecule has 84 valence electrons. The van der Waals surface area contributed by atoms with Gasteiger partial charge in [-0.25, -0.2) is 4.98 Å². The smallest absolute Gasteiger partial charge is 0.203 e. The van der Waals surface area contributed by atoms with E-state index in [9.17, 15) is 0 Å². The van der Waals surface area contributed by atoms with Crippen LogP contribution < -0.4 is 5.32 Å². The number of likely N-dealkylation sites (N-methyl/N-ethyl adjacent to an activating group) is 1. The summed E-state index contributed by atoms with van der Waals surface area (Å²) in [6.45, 7) is 6.65. The number of imidazole rings is 1. The van der Waals surface area contributed by atoms with Crippen LogP contribution in [0.5, 0.6) is 0 Å². The molecular formula is C11H20N4. The van der Waals surface area contributed by atoms with Crippen molar-refractivity contribution < 1.29 is 0 Å². The summed E-state index contributed by atoms with van der Waals surface area (Å²) >= 11 is 0. The van der Waals surface area contributed by atoms with Crippen molar-refractivity contribution in [3.8, 4) is 0 Å². The zero-order valence-electron chi connectivity index (χ0n) is 9.77. The molecule has 4 heteroatoms. The maximum Gasteiger partial charge on any atom is 0.203 e. The second-order valence-corrected chi connectivity index (χ2v) is 4.64. The summed E-state index contributed by atoms with van der Waals surface area (Å²) in [4.78, 5) is 6.71. The molecule has 0 aromatic carbocycles. The van der Waals surface area contributed by atoms with Gasteiger partial charge < -0.3 is 14.8 Å². The second kappa shape index (κ2) is 4.23. The summed E-state index contributed by atoms with van der Waals surface area (Å²) in [5.74, 6) is 1.00. The summed E-state index contributed by atoms with van der Waals surface area (Å²) < 4.78 is 2.18. The Hall–Kier alpha value is -1.03. The molecule has 1 atom stereocenters. The van der Waals surface area contributed by atoms with Gasteiger partial charge in [0, 0.05) is 31.0 Å². The Morgan fingerprint density at radius 2 is 2.33 bits per heavy atom. The molecule has 0 aliphatic carbocycles. The predicted molar refractivity (Wildman–Crippen MR) is 62.1 cm³/mol. The van der Waals surface area contributed by atoms with Crippen molar-refractivity contribution in [1.29, 1.82) is 0 Å². The van der Waals surface area contributed by atoms with Crippen molar-refractivity contribution in [1.82, 2.24) is 14.5 Å². The van der Waals surface area contributed by atoms with E-state index in [4.69, 9.17) is 0 Å². The van der Waals surface area contributed by atoms with Crippen molar-refractivity contribution in [3.05, 3.63) is 12.4 Å². The van der Waals surface area contributed by atoms with Gasteiger partial charge in [0.25, 0.3) is 0 Å². The molecule has 0 spiro atoms. The maximum absolute atomic E-state index is 4.36. The van der Waals surface area contributed by atoms with Gasteiger partial charge in [-0.1, -0.05) is 0 Å². The lowest BCUT2D eigenvalue weighted by Crippen LogP contribution is -2.25. The number of hydrogen-bond donors (Lipinski definition) is 1. The minimum atomic E-state index is 0.467. The molecular weight excluding hydrogens is 188 g/mol.